The molecule has 0 bridgehead atoms. The number of nitrogens with one attached hydrogen (secondary N) is 1. The Labute approximate surface area is 156 Å². The van der Waals surface area contributed by atoms with Gasteiger partial charge >= 0.3 is 0 Å². The number of hydrogen-bond donors (Lipinski definition) is 1. The van der Waals surface area contributed by atoms with Gasteiger partial charge in [-0.05, 0) is 55.0 Å². The predicted octanol–water partition coefficient (Wildman–Crippen LogP) is 4.70. The molecule has 2 aromatic carbocycles. The second-order valence-corrected chi connectivity index (χ2v) is 7.66. The van der Waals surface area contributed by atoms with Crippen LogP contribution < -0.4 is 5.32 Å². The molecule has 1 aliphatic rings. The zero-order chi connectivity index (χ0) is 18.1. The van der Waals surface area contributed by atoms with E-state index in [0.717, 1.165) is 41.6 Å². The zero-order valence-corrected chi connectivity index (χ0v) is 15.4. The quantitative estimate of drug-likeness (QED) is 0.732. The third-order valence-corrected chi connectivity index (χ3v) is 5.97. The van der Waals surface area contributed by atoms with Crippen LogP contribution in [0.5, 0.6) is 0 Å². The standard InChI is InChI=1S/C21H20N2O2S/c1-14-16(21(25)23-11-4-5-12-23)8-6-9-17(14)22-20(24)19-13-15-7-2-3-10-18(15)26-19/h2-3,6-10,13H,4-5,11-12H2,1H3,(H,22,24). The lowest BCUT2D eigenvalue weighted by Crippen LogP contribution is -2.28. The van der Waals surface area contributed by atoms with E-state index in [4.69, 9.17) is 0 Å². The summed E-state index contributed by atoms with van der Waals surface area (Å²) in [4.78, 5) is 27.9. The number of benzene rings is 2. The van der Waals surface area contributed by atoms with Gasteiger partial charge in [-0.25, -0.2) is 0 Å². The van der Waals surface area contributed by atoms with Gasteiger partial charge in [0.1, 0.15) is 0 Å². The van der Waals surface area contributed by atoms with E-state index in [1.54, 1.807) is 0 Å². The van der Waals surface area contributed by atoms with Crippen LogP contribution in [-0.2, 0) is 0 Å². The van der Waals surface area contributed by atoms with Crippen molar-refractivity contribution in [2.75, 3.05) is 18.4 Å². The number of fused-ring (bicyclic) bond motifs is 1. The smallest absolute Gasteiger partial charge is 0.265 e. The maximum absolute atomic E-state index is 12.7. The summed E-state index contributed by atoms with van der Waals surface area (Å²) in [7, 11) is 0. The van der Waals surface area contributed by atoms with E-state index >= 15 is 0 Å². The van der Waals surface area contributed by atoms with Gasteiger partial charge in [0, 0.05) is 29.0 Å². The zero-order valence-electron chi connectivity index (χ0n) is 14.6. The first-order valence-electron chi connectivity index (χ1n) is 8.82. The Morgan fingerprint density at radius 3 is 2.58 bits per heavy atom. The topological polar surface area (TPSA) is 49.4 Å². The average Bonchev–Trinajstić information content (AvgIpc) is 3.32. The van der Waals surface area contributed by atoms with Crippen molar-refractivity contribution in [1.82, 2.24) is 4.90 Å². The molecule has 0 aliphatic carbocycles. The molecular formula is C21H20N2O2S. The van der Waals surface area contributed by atoms with Crippen molar-refractivity contribution in [3.8, 4) is 0 Å². The highest BCUT2D eigenvalue weighted by Crippen LogP contribution is 2.27. The molecule has 2 amide bonds. The highest BCUT2D eigenvalue weighted by Gasteiger charge is 2.22. The Balaban J connectivity index is 1.58. The van der Waals surface area contributed by atoms with Gasteiger partial charge in [0.25, 0.3) is 11.8 Å². The molecule has 3 aromatic rings. The first-order valence-corrected chi connectivity index (χ1v) is 9.64. The number of hydrogen-bond acceptors (Lipinski definition) is 3. The Kier molecular flexibility index (Phi) is 4.47. The van der Waals surface area contributed by atoms with E-state index in [-0.39, 0.29) is 11.8 Å². The number of carbonyl (C=O) groups is 2. The lowest BCUT2D eigenvalue weighted by molar-refractivity contribution is 0.0791. The molecule has 4 nitrogen and oxygen atoms in total. The van der Waals surface area contributed by atoms with E-state index in [2.05, 4.69) is 5.32 Å². The summed E-state index contributed by atoms with van der Waals surface area (Å²) in [6.07, 6.45) is 2.13. The van der Waals surface area contributed by atoms with Gasteiger partial charge in [0.05, 0.1) is 4.88 Å². The van der Waals surface area contributed by atoms with E-state index < -0.39 is 0 Å². The van der Waals surface area contributed by atoms with Crippen LogP contribution in [0.4, 0.5) is 5.69 Å². The lowest BCUT2D eigenvalue weighted by Gasteiger charge is -2.18. The fourth-order valence-electron chi connectivity index (χ4n) is 3.37. The second-order valence-electron chi connectivity index (χ2n) is 6.58. The van der Waals surface area contributed by atoms with Crippen LogP contribution in [0.15, 0.2) is 48.5 Å². The van der Waals surface area contributed by atoms with Gasteiger partial charge in [-0.1, -0.05) is 24.3 Å². The van der Waals surface area contributed by atoms with Crippen molar-refractivity contribution in [2.24, 2.45) is 0 Å². The maximum Gasteiger partial charge on any atom is 0.265 e. The molecule has 1 aromatic heterocycles. The number of amides is 2. The molecule has 5 heteroatoms. The summed E-state index contributed by atoms with van der Waals surface area (Å²) in [5.74, 6) is -0.0852. The van der Waals surface area contributed by atoms with Crippen LogP contribution in [0.3, 0.4) is 0 Å². The van der Waals surface area contributed by atoms with Gasteiger partial charge in [0.15, 0.2) is 0 Å². The minimum Gasteiger partial charge on any atom is -0.339 e. The van der Waals surface area contributed by atoms with E-state index in [1.807, 2.05) is 60.4 Å². The summed E-state index contributed by atoms with van der Waals surface area (Å²) < 4.78 is 1.09. The third-order valence-electron chi connectivity index (χ3n) is 4.85. The monoisotopic (exact) mass is 364 g/mol. The Morgan fingerprint density at radius 1 is 1.04 bits per heavy atom. The van der Waals surface area contributed by atoms with Crippen molar-refractivity contribution in [3.63, 3.8) is 0 Å². The molecular weight excluding hydrogens is 344 g/mol. The number of carbonyl (C=O) groups excluding carboxylic acids is 2. The third kappa shape index (κ3) is 3.10. The number of nitrogens with zero attached hydrogens (tertiary/aromatic N) is 1. The van der Waals surface area contributed by atoms with E-state index in [1.165, 1.54) is 11.3 Å². The summed E-state index contributed by atoms with van der Waals surface area (Å²) >= 11 is 1.47. The van der Waals surface area contributed by atoms with Gasteiger partial charge in [0.2, 0.25) is 0 Å². The highest BCUT2D eigenvalue weighted by molar-refractivity contribution is 7.20. The molecule has 2 heterocycles. The molecule has 132 valence electrons. The average molecular weight is 364 g/mol. The summed E-state index contributed by atoms with van der Waals surface area (Å²) in [6, 6.07) is 15.4. The fourth-order valence-corrected chi connectivity index (χ4v) is 4.33. The molecule has 0 spiro atoms. The van der Waals surface area contributed by atoms with Crippen LogP contribution in [0, 0.1) is 6.92 Å². The molecule has 4 rings (SSSR count). The van der Waals surface area contributed by atoms with Crippen molar-refractivity contribution in [2.45, 2.75) is 19.8 Å². The van der Waals surface area contributed by atoms with Crippen LogP contribution in [0.2, 0.25) is 0 Å². The predicted molar refractivity (Wildman–Crippen MR) is 106 cm³/mol. The summed E-state index contributed by atoms with van der Waals surface area (Å²) in [5, 5.41) is 4.04. The number of rotatable bonds is 3. The van der Waals surface area contributed by atoms with Gasteiger partial charge in [-0.15, -0.1) is 11.3 Å². The number of likely N-dealkylation sites (tertiary alicyclic amines) is 1. The maximum atomic E-state index is 12.7. The Hall–Kier alpha value is -2.66. The van der Waals surface area contributed by atoms with Gasteiger partial charge in [-0.2, -0.15) is 0 Å². The van der Waals surface area contributed by atoms with Crippen molar-refractivity contribution in [1.29, 1.82) is 0 Å². The van der Waals surface area contributed by atoms with Crippen LogP contribution in [0.1, 0.15) is 38.4 Å². The van der Waals surface area contributed by atoms with Crippen molar-refractivity contribution in [3.05, 3.63) is 64.5 Å². The SMILES string of the molecule is Cc1c(NC(=O)c2cc3ccccc3s2)cccc1C(=O)N1CCCC1. The minimum atomic E-state index is -0.139. The Morgan fingerprint density at radius 2 is 1.81 bits per heavy atom. The van der Waals surface area contributed by atoms with E-state index in [9.17, 15) is 9.59 Å². The summed E-state index contributed by atoms with van der Waals surface area (Å²) in [6.45, 7) is 3.52. The van der Waals surface area contributed by atoms with Crippen molar-refractivity contribution >= 4 is 38.9 Å². The van der Waals surface area contributed by atoms with Crippen LogP contribution in [0.25, 0.3) is 10.1 Å². The molecule has 1 saturated heterocycles. The molecule has 26 heavy (non-hydrogen) atoms. The minimum absolute atomic E-state index is 0.0537. The van der Waals surface area contributed by atoms with Crippen LogP contribution in [-0.4, -0.2) is 29.8 Å². The Bertz CT molecular complexity index is 954. The first-order chi connectivity index (χ1) is 12.6. The molecule has 0 atom stereocenters. The van der Waals surface area contributed by atoms with Gasteiger partial charge < -0.3 is 10.2 Å². The first kappa shape index (κ1) is 16.8. The number of anilines is 1. The molecule has 0 saturated carbocycles. The van der Waals surface area contributed by atoms with E-state index in [0.29, 0.717) is 16.1 Å². The molecule has 0 radical (unpaired) electrons. The second kappa shape index (κ2) is 6.92. The summed E-state index contributed by atoms with van der Waals surface area (Å²) in [5.41, 5.74) is 2.18. The van der Waals surface area contributed by atoms with Crippen LogP contribution >= 0.6 is 11.3 Å². The molecule has 1 fully saturated rings. The molecule has 0 unspecified atom stereocenters. The van der Waals surface area contributed by atoms with Crippen molar-refractivity contribution < 1.29 is 9.59 Å². The lowest BCUT2D eigenvalue weighted by atomic mass is 10.1. The fraction of sp³-hybridized carbons (Fsp3) is 0.238. The largest absolute Gasteiger partial charge is 0.339 e. The highest BCUT2D eigenvalue weighted by atomic mass is 32.1. The number of thiophene rings is 1. The molecule has 1 N–H and O–H groups in total. The normalized spacial score (nSPS) is 14.0. The molecule has 1 aliphatic heterocycles. The van der Waals surface area contributed by atoms with Gasteiger partial charge in [-0.3, -0.25) is 9.59 Å².